The van der Waals surface area contributed by atoms with Gasteiger partial charge in [-0.05, 0) is 33.3 Å². The number of benzene rings is 1. The third kappa shape index (κ3) is 4.76. The first-order valence-electron chi connectivity index (χ1n) is 9.23. The van der Waals surface area contributed by atoms with Gasteiger partial charge in [0.15, 0.2) is 0 Å². The van der Waals surface area contributed by atoms with Gasteiger partial charge in [0.25, 0.3) is 10.2 Å². The van der Waals surface area contributed by atoms with Gasteiger partial charge < -0.3 is 4.74 Å². The van der Waals surface area contributed by atoms with E-state index >= 15 is 0 Å². The van der Waals surface area contributed by atoms with E-state index in [1.54, 1.807) is 0 Å². The number of rotatable bonds is 6. The highest BCUT2D eigenvalue weighted by Crippen LogP contribution is 2.17. The van der Waals surface area contributed by atoms with Gasteiger partial charge in [-0.3, -0.25) is 4.68 Å². The molecule has 1 saturated heterocycles. The van der Waals surface area contributed by atoms with Gasteiger partial charge in [0.1, 0.15) is 0 Å². The summed E-state index contributed by atoms with van der Waals surface area (Å²) >= 11 is 0. The van der Waals surface area contributed by atoms with Gasteiger partial charge in [-0.15, -0.1) is 0 Å². The topological polar surface area (TPSA) is 76.5 Å². The molecule has 0 unspecified atom stereocenters. The van der Waals surface area contributed by atoms with E-state index in [9.17, 15) is 8.42 Å². The molecule has 0 bridgehead atoms. The number of aryl methyl sites for hydroxylation is 1. The second-order valence-corrected chi connectivity index (χ2v) is 8.95. The van der Waals surface area contributed by atoms with Crippen LogP contribution in [0.25, 0.3) is 0 Å². The molecule has 0 spiro atoms. The molecule has 1 aromatic heterocycles. The van der Waals surface area contributed by atoms with Crippen molar-refractivity contribution < 1.29 is 13.2 Å². The molecule has 2 heterocycles. The minimum Gasteiger partial charge on any atom is -0.373 e. The zero-order valence-corrected chi connectivity index (χ0v) is 17.2. The molecular weight excluding hydrogens is 364 g/mol. The van der Waals surface area contributed by atoms with Crippen LogP contribution in [0, 0.1) is 13.8 Å². The molecule has 1 aliphatic rings. The fraction of sp³-hybridized carbons (Fsp3) is 0.526. The fourth-order valence-corrected chi connectivity index (χ4v) is 4.80. The smallest absolute Gasteiger partial charge is 0.279 e. The highest BCUT2D eigenvalue weighted by atomic mass is 32.2. The zero-order chi connectivity index (χ0) is 19.6. The van der Waals surface area contributed by atoms with Gasteiger partial charge >= 0.3 is 0 Å². The fourth-order valence-electron chi connectivity index (χ4n) is 3.48. The Balaban J connectivity index is 1.70. The van der Waals surface area contributed by atoms with E-state index in [4.69, 9.17) is 4.74 Å². The number of nitrogens with one attached hydrogen (secondary N) is 1. The monoisotopic (exact) mass is 392 g/mol. The minimum absolute atomic E-state index is 0.109. The maximum atomic E-state index is 12.7. The standard InChI is InChI=1S/C19H28N4O3S/c1-14-11-22(12-15(2)26-14)27(24,25)20-10-19-16(3)21-23(17(19)4)13-18-8-6-5-7-9-18/h5-9,14-15,20H,10-13H2,1-4H3/t14-,15+. The molecule has 1 aliphatic heterocycles. The summed E-state index contributed by atoms with van der Waals surface area (Å²) in [4.78, 5) is 0. The lowest BCUT2D eigenvalue weighted by Gasteiger charge is -2.34. The molecule has 0 saturated carbocycles. The number of hydrogen-bond donors (Lipinski definition) is 1. The van der Waals surface area contributed by atoms with Crippen molar-refractivity contribution in [3.63, 3.8) is 0 Å². The van der Waals surface area contributed by atoms with Crippen LogP contribution in [0.2, 0.25) is 0 Å². The molecule has 0 aliphatic carbocycles. The van der Waals surface area contributed by atoms with Gasteiger partial charge in [-0.25, -0.2) is 0 Å². The van der Waals surface area contributed by atoms with Crippen molar-refractivity contribution in [2.45, 2.75) is 53.0 Å². The number of aromatic nitrogens is 2. The molecule has 0 amide bonds. The van der Waals surface area contributed by atoms with Gasteiger partial charge in [0.05, 0.1) is 24.4 Å². The molecule has 7 nitrogen and oxygen atoms in total. The lowest BCUT2D eigenvalue weighted by molar-refractivity contribution is -0.0444. The van der Waals surface area contributed by atoms with Crippen molar-refractivity contribution in [3.05, 3.63) is 52.8 Å². The summed E-state index contributed by atoms with van der Waals surface area (Å²) in [6, 6.07) is 10.1. The van der Waals surface area contributed by atoms with Crippen molar-refractivity contribution in [3.8, 4) is 0 Å². The lowest BCUT2D eigenvalue weighted by Crippen LogP contribution is -2.51. The molecule has 2 aromatic rings. The van der Waals surface area contributed by atoms with Crippen molar-refractivity contribution in [2.75, 3.05) is 13.1 Å². The second kappa shape index (κ2) is 8.10. The molecule has 1 aromatic carbocycles. The van der Waals surface area contributed by atoms with Crippen molar-refractivity contribution in [1.29, 1.82) is 0 Å². The summed E-state index contributed by atoms with van der Waals surface area (Å²) in [5, 5.41) is 4.59. The summed E-state index contributed by atoms with van der Waals surface area (Å²) in [7, 11) is -3.56. The number of morpholine rings is 1. The van der Waals surface area contributed by atoms with Crippen LogP contribution < -0.4 is 4.72 Å². The molecule has 148 valence electrons. The molecule has 27 heavy (non-hydrogen) atoms. The van der Waals surface area contributed by atoms with E-state index in [0.29, 0.717) is 19.6 Å². The molecule has 1 N–H and O–H groups in total. The van der Waals surface area contributed by atoms with Gasteiger partial charge in [0, 0.05) is 30.9 Å². The Bertz CT molecular complexity index is 870. The largest absolute Gasteiger partial charge is 0.373 e. The maximum Gasteiger partial charge on any atom is 0.279 e. The average molecular weight is 393 g/mol. The molecular formula is C19H28N4O3S. The Kier molecular flexibility index (Phi) is 6.00. The number of ether oxygens (including phenoxy) is 1. The number of nitrogens with zero attached hydrogens (tertiary/aromatic N) is 3. The SMILES string of the molecule is Cc1nn(Cc2ccccc2)c(C)c1CNS(=O)(=O)N1C[C@@H](C)O[C@@H](C)C1. The Morgan fingerprint density at radius 2 is 1.78 bits per heavy atom. The van der Waals surface area contributed by atoms with E-state index < -0.39 is 10.2 Å². The van der Waals surface area contributed by atoms with Crippen molar-refractivity contribution in [2.24, 2.45) is 0 Å². The van der Waals surface area contributed by atoms with Gasteiger partial charge in [-0.1, -0.05) is 30.3 Å². The predicted molar refractivity (Wildman–Crippen MR) is 105 cm³/mol. The second-order valence-electron chi connectivity index (χ2n) is 7.19. The average Bonchev–Trinajstić information content (AvgIpc) is 2.86. The van der Waals surface area contributed by atoms with E-state index in [1.165, 1.54) is 4.31 Å². The van der Waals surface area contributed by atoms with Crippen LogP contribution in [-0.2, 0) is 28.0 Å². The summed E-state index contributed by atoms with van der Waals surface area (Å²) in [6.45, 7) is 9.30. The quantitative estimate of drug-likeness (QED) is 0.816. The lowest BCUT2D eigenvalue weighted by atomic mass is 10.2. The van der Waals surface area contributed by atoms with Gasteiger partial charge in [0.2, 0.25) is 0 Å². The summed E-state index contributed by atoms with van der Waals surface area (Å²) in [5.74, 6) is 0. The third-order valence-electron chi connectivity index (χ3n) is 4.86. The summed E-state index contributed by atoms with van der Waals surface area (Å²) in [5.41, 5.74) is 3.90. The first-order chi connectivity index (χ1) is 12.8. The van der Waals surface area contributed by atoms with Crippen LogP contribution in [-0.4, -0.2) is 47.8 Å². The zero-order valence-electron chi connectivity index (χ0n) is 16.3. The van der Waals surface area contributed by atoms with E-state index in [0.717, 1.165) is 22.5 Å². The summed E-state index contributed by atoms with van der Waals surface area (Å²) in [6.07, 6.45) is -0.218. The minimum atomic E-state index is -3.56. The van der Waals surface area contributed by atoms with Crippen LogP contribution in [0.5, 0.6) is 0 Å². The van der Waals surface area contributed by atoms with Gasteiger partial charge in [-0.2, -0.15) is 22.5 Å². The van der Waals surface area contributed by atoms with Crippen LogP contribution >= 0.6 is 0 Å². The van der Waals surface area contributed by atoms with E-state index in [-0.39, 0.29) is 18.8 Å². The molecule has 8 heteroatoms. The number of hydrogen-bond acceptors (Lipinski definition) is 4. The summed E-state index contributed by atoms with van der Waals surface area (Å²) < 4.78 is 37.2. The highest BCUT2D eigenvalue weighted by Gasteiger charge is 2.31. The Morgan fingerprint density at radius 1 is 1.15 bits per heavy atom. The molecule has 2 atom stereocenters. The molecule has 1 fully saturated rings. The van der Waals surface area contributed by atoms with Crippen LogP contribution in [0.1, 0.15) is 36.4 Å². The normalized spacial score (nSPS) is 21.5. The maximum absolute atomic E-state index is 12.7. The van der Waals surface area contributed by atoms with Crippen LogP contribution in [0.4, 0.5) is 0 Å². The predicted octanol–water partition coefficient (Wildman–Crippen LogP) is 1.99. The third-order valence-corrected chi connectivity index (χ3v) is 6.35. The Labute approximate surface area is 161 Å². The van der Waals surface area contributed by atoms with Crippen LogP contribution in [0.3, 0.4) is 0 Å². The first-order valence-corrected chi connectivity index (χ1v) is 10.7. The molecule has 0 radical (unpaired) electrons. The highest BCUT2D eigenvalue weighted by molar-refractivity contribution is 7.87. The van der Waals surface area contributed by atoms with Crippen molar-refractivity contribution >= 4 is 10.2 Å². The first kappa shape index (κ1) is 20.0. The van der Waals surface area contributed by atoms with Crippen LogP contribution in [0.15, 0.2) is 30.3 Å². The van der Waals surface area contributed by atoms with E-state index in [2.05, 4.69) is 22.0 Å². The Hall–Kier alpha value is -1.74. The Morgan fingerprint density at radius 3 is 2.41 bits per heavy atom. The van der Waals surface area contributed by atoms with E-state index in [1.807, 2.05) is 50.6 Å². The molecule has 3 rings (SSSR count). The van der Waals surface area contributed by atoms with Crippen molar-refractivity contribution in [1.82, 2.24) is 18.8 Å².